The summed E-state index contributed by atoms with van der Waals surface area (Å²) < 4.78 is 20.6. The van der Waals surface area contributed by atoms with E-state index < -0.39 is 10.9 Å². The lowest BCUT2D eigenvalue weighted by Gasteiger charge is -1.78. The minimum absolute atomic E-state index is 0.853. The van der Waals surface area contributed by atoms with Gasteiger partial charge in [-0.2, -0.15) is 4.72 Å². The quantitative estimate of drug-likeness (QED) is 0.366. The molecule has 0 spiro atoms. The minimum Gasteiger partial charge on any atom is -0.313 e. The molecular weight excluding hydrogens is 104 g/mol. The first kappa shape index (κ1) is 5.87. The Balaban J connectivity index is 3.07. The molecule has 0 aliphatic carbocycles. The molecule has 5 heteroatoms. The molecular formula is CH5N2O2S. The Morgan fingerprint density at radius 3 is 2.17 bits per heavy atom. The van der Waals surface area contributed by atoms with Gasteiger partial charge < -0.3 is 5.73 Å². The van der Waals surface area contributed by atoms with Crippen LogP contribution in [0.2, 0.25) is 0 Å². The van der Waals surface area contributed by atoms with Crippen LogP contribution in [-0.2, 0) is 10.9 Å². The minimum atomic E-state index is -2.53. The van der Waals surface area contributed by atoms with Crippen molar-refractivity contribution in [3.8, 4) is 0 Å². The number of nitrogens with one attached hydrogen (secondary N) is 1. The van der Waals surface area contributed by atoms with E-state index in [0.717, 1.165) is 6.67 Å². The fourth-order valence-electron chi connectivity index (χ4n) is 0.0609. The van der Waals surface area contributed by atoms with Crippen LogP contribution in [0.4, 0.5) is 0 Å². The third kappa shape index (κ3) is 3.87. The molecule has 0 aromatic heterocycles. The summed E-state index contributed by atoms with van der Waals surface area (Å²) in [5.74, 6) is 0. The van der Waals surface area contributed by atoms with Gasteiger partial charge >= 0.3 is 0 Å². The van der Waals surface area contributed by atoms with Crippen molar-refractivity contribution in [2.24, 2.45) is 5.73 Å². The average Bonchev–Trinajstić information content (AvgIpc) is 1.35. The summed E-state index contributed by atoms with van der Waals surface area (Å²) in [6.45, 7) is 0.853. The molecule has 0 saturated carbocycles. The molecule has 4 nitrogen and oxygen atoms in total. The van der Waals surface area contributed by atoms with Gasteiger partial charge in [-0.1, -0.05) is 0 Å². The summed E-state index contributed by atoms with van der Waals surface area (Å²) in [6.07, 6.45) is 0. The van der Waals surface area contributed by atoms with E-state index in [9.17, 15) is 8.42 Å². The fourth-order valence-corrected chi connectivity index (χ4v) is 0.183. The zero-order chi connectivity index (χ0) is 4.99. The normalized spacial score (nSPS) is 9.67. The molecule has 0 atom stereocenters. The molecule has 0 aromatic rings. The number of rotatable bonds is 2. The second-order valence-corrected chi connectivity index (χ2v) is 1.33. The Morgan fingerprint density at radius 2 is 2.17 bits per heavy atom. The van der Waals surface area contributed by atoms with Crippen molar-refractivity contribution >= 4 is 10.9 Å². The number of thiol groups is 1. The van der Waals surface area contributed by atoms with Crippen molar-refractivity contribution in [2.75, 3.05) is 0 Å². The topological polar surface area (TPSA) is 72.2 Å². The molecule has 0 rings (SSSR count). The Labute approximate surface area is 37.4 Å². The van der Waals surface area contributed by atoms with E-state index in [1.807, 2.05) is 4.72 Å². The standard InChI is InChI=1S/CH5N2O2S/c2-1-3-6(4)5/h1,6H,2H2,(H,3,4,5). The van der Waals surface area contributed by atoms with Gasteiger partial charge in [-0.15, -0.1) is 0 Å². The van der Waals surface area contributed by atoms with E-state index in [4.69, 9.17) is 0 Å². The highest BCUT2D eigenvalue weighted by atomic mass is 32.2. The smallest absolute Gasteiger partial charge is 0.202 e. The van der Waals surface area contributed by atoms with Gasteiger partial charge in [0, 0.05) is 0 Å². The Kier molecular flexibility index (Phi) is 3.01. The highest BCUT2D eigenvalue weighted by molar-refractivity contribution is 7.70. The molecule has 1 radical (unpaired) electrons. The molecule has 0 saturated heterocycles. The van der Waals surface area contributed by atoms with E-state index in [1.165, 1.54) is 0 Å². The third-order valence-electron chi connectivity index (χ3n) is 0.180. The number of hydrogen-bond acceptors (Lipinski definition) is 3. The predicted octanol–water partition coefficient (Wildman–Crippen LogP) is -1.82. The summed E-state index contributed by atoms with van der Waals surface area (Å²) >= 11 is 0. The average molecular weight is 109 g/mol. The monoisotopic (exact) mass is 109 g/mol. The molecule has 0 aromatic carbocycles. The molecule has 0 heterocycles. The lowest BCUT2D eigenvalue weighted by atomic mass is 11.3. The van der Waals surface area contributed by atoms with Gasteiger partial charge in [0.25, 0.3) is 0 Å². The molecule has 0 amide bonds. The van der Waals surface area contributed by atoms with Crippen molar-refractivity contribution in [1.29, 1.82) is 0 Å². The van der Waals surface area contributed by atoms with E-state index in [0.29, 0.717) is 0 Å². The Bertz CT molecular complexity index is 79.5. The van der Waals surface area contributed by atoms with Crippen LogP contribution < -0.4 is 10.5 Å². The van der Waals surface area contributed by atoms with Crippen LogP contribution in [0.1, 0.15) is 0 Å². The maximum absolute atomic E-state index is 9.41. The van der Waals surface area contributed by atoms with Gasteiger partial charge in [0.2, 0.25) is 10.9 Å². The number of nitrogens with two attached hydrogens (primary N) is 1. The van der Waals surface area contributed by atoms with Crippen LogP contribution in [0, 0.1) is 6.67 Å². The molecule has 0 fully saturated rings. The number of hydrogen-bond donors (Lipinski definition) is 3. The summed E-state index contributed by atoms with van der Waals surface area (Å²) in [7, 11) is -2.53. The SMILES string of the molecule is N[CH]N[SH](=O)=O. The van der Waals surface area contributed by atoms with Crippen molar-refractivity contribution in [2.45, 2.75) is 0 Å². The second kappa shape index (κ2) is 3.08. The molecule has 0 aliphatic rings. The highest BCUT2D eigenvalue weighted by Gasteiger charge is 1.71. The van der Waals surface area contributed by atoms with E-state index >= 15 is 0 Å². The molecule has 37 valence electrons. The first-order valence-corrected chi connectivity index (χ1v) is 2.39. The lowest BCUT2D eigenvalue weighted by molar-refractivity contribution is 0.607. The van der Waals surface area contributed by atoms with Crippen molar-refractivity contribution in [3.05, 3.63) is 6.67 Å². The largest absolute Gasteiger partial charge is 0.313 e. The zero-order valence-electron chi connectivity index (χ0n) is 2.92. The van der Waals surface area contributed by atoms with Crippen LogP contribution in [0.15, 0.2) is 0 Å². The Hall–Kier alpha value is -0.130. The molecule has 0 aliphatic heterocycles. The van der Waals surface area contributed by atoms with Crippen molar-refractivity contribution < 1.29 is 8.42 Å². The highest BCUT2D eigenvalue weighted by Crippen LogP contribution is 1.45. The van der Waals surface area contributed by atoms with Gasteiger partial charge in [0.05, 0.1) is 6.67 Å². The molecule has 3 N–H and O–H groups in total. The second-order valence-electron chi connectivity index (χ2n) is 0.553. The van der Waals surface area contributed by atoms with Gasteiger partial charge in [0.15, 0.2) is 0 Å². The summed E-state index contributed by atoms with van der Waals surface area (Å²) in [4.78, 5) is 0. The lowest BCUT2D eigenvalue weighted by Crippen LogP contribution is -2.12. The fraction of sp³-hybridized carbons (Fsp3) is 0. The molecule has 0 unspecified atom stereocenters. The van der Waals surface area contributed by atoms with Gasteiger partial charge in [-0.05, 0) is 0 Å². The summed E-state index contributed by atoms with van der Waals surface area (Å²) in [5, 5.41) is 0. The van der Waals surface area contributed by atoms with Gasteiger partial charge in [-0.25, -0.2) is 8.42 Å². The Morgan fingerprint density at radius 1 is 1.67 bits per heavy atom. The first-order chi connectivity index (χ1) is 2.77. The maximum atomic E-state index is 9.41. The van der Waals surface area contributed by atoms with Crippen LogP contribution in [-0.4, -0.2) is 8.42 Å². The van der Waals surface area contributed by atoms with Crippen molar-refractivity contribution in [3.63, 3.8) is 0 Å². The summed E-state index contributed by atoms with van der Waals surface area (Å²) in [5.41, 5.74) is 4.61. The van der Waals surface area contributed by atoms with Crippen LogP contribution >= 0.6 is 0 Å². The van der Waals surface area contributed by atoms with Crippen molar-refractivity contribution in [1.82, 2.24) is 4.72 Å². The molecule has 6 heavy (non-hydrogen) atoms. The molecule has 0 bridgehead atoms. The van der Waals surface area contributed by atoms with E-state index in [1.54, 1.807) is 0 Å². The van der Waals surface area contributed by atoms with Gasteiger partial charge in [-0.3, -0.25) is 0 Å². The zero-order valence-corrected chi connectivity index (χ0v) is 3.81. The van der Waals surface area contributed by atoms with E-state index in [2.05, 4.69) is 5.73 Å². The van der Waals surface area contributed by atoms with E-state index in [-0.39, 0.29) is 0 Å². The third-order valence-corrected chi connectivity index (χ3v) is 0.540. The van der Waals surface area contributed by atoms with Crippen LogP contribution in [0.25, 0.3) is 0 Å². The maximum Gasteiger partial charge on any atom is 0.202 e. The van der Waals surface area contributed by atoms with Crippen LogP contribution in [0.5, 0.6) is 0 Å². The van der Waals surface area contributed by atoms with Gasteiger partial charge in [0.1, 0.15) is 0 Å². The summed E-state index contributed by atoms with van der Waals surface area (Å²) in [6, 6.07) is 0. The van der Waals surface area contributed by atoms with Crippen LogP contribution in [0.3, 0.4) is 0 Å². The first-order valence-electron chi connectivity index (χ1n) is 1.21. The predicted molar refractivity (Wildman–Crippen MR) is 21.9 cm³/mol.